The molecule has 3 aromatic rings. The van der Waals surface area contributed by atoms with Crippen molar-refractivity contribution in [3.63, 3.8) is 0 Å². The van der Waals surface area contributed by atoms with Crippen LogP contribution in [0.5, 0.6) is 11.5 Å². The molecule has 36 heavy (non-hydrogen) atoms. The number of rotatable bonds is 4. The minimum Gasteiger partial charge on any atom is -0.486 e. The third-order valence-electron chi connectivity index (χ3n) is 6.79. The summed E-state index contributed by atoms with van der Waals surface area (Å²) in [6.45, 7) is 4.04. The lowest BCUT2D eigenvalue weighted by Gasteiger charge is -2.32. The molecule has 0 spiro atoms. The third kappa shape index (κ3) is 4.95. The molecule has 2 aliphatic rings. The molecule has 8 heteroatoms. The summed E-state index contributed by atoms with van der Waals surface area (Å²) < 4.78 is 26.1. The summed E-state index contributed by atoms with van der Waals surface area (Å²) >= 11 is 3.35. The largest absolute Gasteiger partial charge is 0.486 e. The van der Waals surface area contributed by atoms with Gasteiger partial charge in [-0.3, -0.25) is 9.59 Å². The van der Waals surface area contributed by atoms with Gasteiger partial charge in [-0.2, -0.15) is 0 Å². The van der Waals surface area contributed by atoms with E-state index in [4.69, 9.17) is 9.47 Å². The zero-order chi connectivity index (χ0) is 25.2. The molecular formula is C28H26BrFN2O4. The van der Waals surface area contributed by atoms with Gasteiger partial charge in [0.25, 0.3) is 11.8 Å². The van der Waals surface area contributed by atoms with Crippen LogP contribution < -0.4 is 14.8 Å². The SMILES string of the molecule is Cc1c(Br)ccc(F)c1C(=O)Nc1ccc(C2CCN(C(=O)c3ccc4c(c3)OCCO4)CC2)cc1. The Morgan fingerprint density at radius 1 is 0.972 bits per heavy atom. The Morgan fingerprint density at radius 3 is 2.39 bits per heavy atom. The lowest BCUT2D eigenvalue weighted by molar-refractivity contribution is 0.0711. The van der Waals surface area contributed by atoms with Gasteiger partial charge in [0.2, 0.25) is 0 Å². The molecular weight excluding hydrogens is 527 g/mol. The lowest BCUT2D eigenvalue weighted by atomic mass is 9.89. The quantitative estimate of drug-likeness (QED) is 0.435. The number of hydrogen-bond acceptors (Lipinski definition) is 4. The summed E-state index contributed by atoms with van der Waals surface area (Å²) in [5.41, 5.74) is 2.96. The van der Waals surface area contributed by atoms with E-state index in [1.54, 1.807) is 31.2 Å². The molecule has 1 N–H and O–H groups in total. The van der Waals surface area contributed by atoms with Gasteiger partial charge in [-0.05, 0) is 79.3 Å². The molecule has 0 unspecified atom stereocenters. The highest BCUT2D eigenvalue weighted by molar-refractivity contribution is 9.10. The maximum absolute atomic E-state index is 14.2. The van der Waals surface area contributed by atoms with Crippen LogP contribution in [0.1, 0.15) is 50.6 Å². The molecule has 2 amide bonds. The molecule has 1 fully saturated rings. The standard InChI is InChI=1S/C28H26BrFN2O4/c1-17-22(29)7-8-23(30)26(17)27(33)31-21-5-2-18(3-6-21)19-10-12-32(13-11-19)28(34)20-4-9-24-25(16-20)36-15-14-35-24/h2-9,16,19H,10-15H2,1H3,(H,31,33). The van der Waals surface area contributed by atoms with E-state index in [9.17, 15) is 14.0 Å². The van der Waals surface area contributed by atoms with Gasteiger partial charge in [-0.15, -0.1) is 0 Å². The highest BCUT2D eigenvalue weighted by Crippen LogP contribution is 2.33. The number of carbonyl (C=O) groups excluding carboxylic acids is 2. The van der Waals surface area contributed by atoms with Crippen molar-refractivity contribution < 1.29 is 23.5 Å². The average Bonchev–Trinajstić information content (AvgIpc) is 2.91. The lowest BCUT2D eigenvalue weighted by Crippen LogP contribution is -2.38. The summed E-state index contributed by atoms with van der Waals surface area (Å²) in [7, 11) is 0. The van der Waals surface area contributed by atoms with E-state index in [-0.39, 0.29) is 11.5 Å². The van der Waals surface area contributed by atoms with Crippen molar-refractivity contribution in [1.82, 2.24) is 4.90 Å². The summed E-state index contributed by atoms with van der Waals surface area (Å²) in [6.07, 6.45) is 1.70. The zero-order valence-electron chi connectivity index (χ0n) is 19.9. The van der Waals surface area contributed by atoms with Crippen LogP contribution in [0.15, 0.2) is 59.1 Å². The summed E-state index contributed by atoms with van der Waals surface area (Å²) in [6, 6.07) is 15.9. The molecule has 5 rings (SSSR count). The molecule has 0 aliphatic carbocycles. The number of amides is 2. The van der Waals surface area contributed by atoms with Crippen LogP contribution in [0.2, 0.25) is 0 Å². The highest BCUT2D eigenvalue weighted by atomic mass is 79.9. The number of likely N-dealkylation sites (tertiary alicyclic amines) is 1. The Hall–Kier alpha value is -3.39. The number of anilines is 1. The molecule has 0 aromatic heterocycles. The van der Waals surface area contributed by atoms with Crippen LogP contribution in [0, 0.1) is 12.7 Å². The number of nitrogens with zero attached hydrogens (tertiary/aromatic N) is 1. The fourth-order valence-corrected chi connectivity index (χ4v) is 5.07. The van der Waals surface area contributed by atoms with E-state index in [1.165, 1.54) is 6.07 Å². The molecule has 0 radical (unpaired) electrons. The first-order chi connectivity index (χ1) is 17.4. The predicted molar refractivity (Wildman–Crippen MR) is 139 cm³/mol. The van der Waals surface area contributed by atoms with Gasteiger partial charge >= 0.3 is 0 Å². The third-order valence-corrected chi connectivity index (χ3v) is 7.65. The fourth-order valence-electron chi connectivity index (χ4n) is 4.74. The van der Waals surface area contributed by atoms with E-state index in [0.717, 1.165) is 18.4 Å². The molecule has 0 saturated carbocycles. The van der Waals surface area contributed by atoms with Gasteiger partial charge < -0.3 is 19.7 Å². The second kappa shape index (κ2) is 10.3. The first-order valence-electron chi connectivity index (χ1n) is 12.0. The Bertz CT molecular complexity index is 1300. The topological polar surface area (TPSA) is 67.9 Å². The molecule has 1 saturated heterocycles. The number of ether oxygens (including phenoxy) is 2. The summed E-state index contributed by atoms with van der Waals surface area (Å²) in [5.74, 6) is 0.579. The number of piperidine rings is 1. The van der Waals surface area contributed by atoms with Crippen molar-refractivity contribution >= 4 is 33.4 Å². The molecule has 186 valence electrons. The second-order valence-electron chi connectivity index (χ2n) is 9.03. The maximum atomic E-state index is 14.2. The number of halogens is 2. The Labute approximate surface area is 217 Å². The molecule has 0 bridgehead atoms. The first kappa shape index (κ1) is 24.3. The number of carbonyl (C=O) groups is 2. The van der Waals surface area contributed by atoms with Crippen molar-refractivity contribution in [2.24, 2.45) is 0 Å². The van der Waals surface area contributed by atoms with E-state index in [1.807, 2.05) is 29.2 Å². The van der Waals surface area contributed by atoms with Gasteiger partial charge in [-0.1, -0.05) is 28.1 Å². The van der Waals surface area contributed by atoms with E-state index < -0.39 is 11.7 Å². The van der Waals surface area contributed by atoms with E-state index in [2.05, 4.69) is 21.2 Å². The van der Waals surface area contributed by atoms with Crippen LogP contribution >= 0.6 is 15.9 Å². The van der Waals surface area contributed by atoms with Crippen molar-refractivity contribution in [3.8, 4) is 11.5 Å². The van der Waals surface area contributed by atoms with Gasteiger partial charge in [0, 0.05) is 28.8 Å². The van der Waals surface area contributed by atoms with Gasteiger partial charge in [-0.25, -0.2) is 4.39 Å². The number of nitrogens with one attached hydrogen (secondary N) is 1. The Kier molecular flexibility index (Phi) is 6.96. The first-order valence-corrected chi connectivity index (χ1v) is 12.7. The smallest absolute Gasteiger partial charge is 0.258 e. The van der Waals surface area contributed by atoms with Gasteiger partial charge in [0.15, 0.2) is 11.5 Å². The second-order valence-corrected chi connectivity index (χ2v) is 9.88. The van der Waals surface area contributed by atoms with Gasteiger partial charge in [0.05, 0.1) is 5.56 Å². The van der Waals surface area contributed by atoms with Crippen LogP contribution in [0.4, 0.5) is 10.1 Å². The van der Waals surface area contributed by atoms with Gasteiger partial charge in [0.1, 0.15) is 19.0 Å². The number of hydrogen-bond donors (Lipinski definition) is 1. The van der Waals surface area contributed by atoms with Crippen molar-refractivity contribution in [2.45, 2.75) is 25.7 Å². The van der Waals surface area contributed by atoms with Crippen LogP contribution in [0.3, 0.4) is 0 Å². The van der Waals surface area contributed by atoms with Crippen molar-refractivity contribution in [1.29, 1.82) is 0 Å². The fraction of sp³-hybridized carbons (Fsp3) is 0.286. The minimum atomic E-state index is -0.553. The number of benzene rings is 3. The Balaban J connectivity index is 1.19. The highest BCUT2D eigenvalue weighted by Gasteiger charge is 2.26. The maximum Gasteiger partial charge on any atom is 0.258 e. The van der Waals surface area contributed by atoms with Crippen molar-refractivity contribution in [2.75, 3.05) is 31.6 Å². The molecule has 3 aromatic carbocycles. The monoisotopic (exact) mass is 552 g/mol. The average molecular weight is 553 g/mol. The Morgan fingerprint density at radius 2 is 1.67 bits per heavy atom. The van der Waals surface area contributed by atoms with Crippen LogP contribution in [-0.4, -0.2) is 43.0 Å². The molecule has 0 atom stereocenters. The number of fused-ring (bicyclic) bond motifs is 1. The van der Waals surface area contributed by atoms with Crippen LogP contribution in [-0.2, 0) is 0 Å². The molecule has 2 heterocycles. The predicted octanol–water partition coefficient (Wildman–Crippen LogP) is 5.94. The summed E-state index contributed by atoms with van der Waals surface area (Å²) in [5, 5.41) is 2.79. The van der Waals surface area contributed by atoms with E-state index >= 15 is 0 Å². The minimum absolute atomic E-state index is 0.00134. The zero-order valence-corrected chi connectivity index (χ0v) is 21.4. The molecule has 2 aliphatic heterocycles. The summed E-state index contributed by atoms with van der Waals surface area (Å²) in [4.78, 5) is 27.6. The van der Waals surface area contributed by atoms with Crippen LogP contribution in [0.25, 0.3) is 0 Å². The molecule has 6 nitrogen and oxygen atoms in total. The van der Waals surface area contributed by atoms with E-state index in [0.29, 0.717) is 65.0 Å². The normalized spacial score (nSPS) is 15.5. The van der Waals surface area contributed by atoms with Crippen molar-refractivity contribution in [3.05, 3.63) is 87.1 Å².